The van der Waals surface area contributed by atoms with Crippen molar-refractivity contribution in [2.75, 3.05) is 12.8 Å². The molecule has 6 nitrogen and oxygen atoms in total. The largest absolute Gasteiger partial charge is 0.504 e. The van der Waals surface area contributed by atoms with Crippen molar-refractivity contribution < 1.29 is 19.7 Å². The number of halogens is 2. The fraction of sp³-hybridized carbons (Fsp3) is 0.409. The number of ketones is 1. The van der Waals surface area contributed by atoms with Gasteiger partial charge >= 0.3 is 0 Å². The molecular formula is C22H26Br2N2O4. The molecule has 0 amide bonds. The number of nitrogen functional groups attached to an aromatic ring is 1. The summed E-state index contributed by atoms with van der Waals surface area (Å²) >= 11 is 6.95. The van der Waals surface area contributed by atoms with Gasteiger partial charge in [-0.1, -0.05) is 28.1 Å². The van der Waals surface area contributed by atoms with E-state index in [0.717, 1.165) is 33.0 Å². The van der Waals surface area contributed by atoms with Crippen LogP contribution >= 0.6 is 31.9 Å². The van der Waals surface area contributed by atoms with Crippen molar-refractivity contribution in [3.63, 3.8) is 0 Å². The summed E-state index contributed by atoms with van der Waals surface area (Å²) < 4.78 is 6.89. The Kier molecular flexibility index (Phi) is 7.79. The quantitative estimate of drug-likeness (QED) is 0.386. The van der Waals surface area contributed by atoms with Crippen molar-refractivity contribution in [3.05, 3.63) is 50.4 Å². The molecule has 1 atom stereocenters. The molecule has 0 saturated heterocycles. The van der Waals surface area contributed by atoms with Crippen molar-refractivity contribution in [3.8, 4) is 11.5 Å². The number of nitrogens with two attached hydrogens (primary N) is 1. The second-order valence-corrected chi connectivity index (χ2v) is 9.36. The van der Waals surface area contributed by atoms with Gasteiger partial charge in [0.05, 0.1) is 12.8 Å². The first kappa shape index (κ1) is 23.1. The average molecular weight is 542 g/mol. The van der Waals surface area contributed by atoms with Gasteiger partial charge in [0.1, 0.15) is 6.10 Å². The van der Waals surface area contributed by atoms with Gasteiger partial charge in [-0.05, 0) is 65.4 Å². The van der Waals surface area contributed by atoms with Crippen LogP contribution in [0, 0.1) is 5.92 Å². The Morgan fingerprint density at radius 1 is 1.27 bits per heavy atom. The number of aliphatic hydroxyl groups excluding tert-OH is 1. The van der Waals surface area contributed by atoms with Gasteiger partial charge < -0.3 is 26.0 Å². The summed E-state index contributed by atoms with van der Waals surface area (Å²) in [6.45, 7) is 0.646. The number of rotatable bonds is 7. The molecule has 1 unspecified atom stereocenters. The highest BCUT2D eigenvalue weighted by Crippen LogP contribution is 2.37. The fourth-order valence-corrected chi connectivity index (χ4v) is 5.24. The van der Waals surface area contributed by atoms with E-state index in [0.29, 0.717) is 19.4 Å². The lowest BCUT2D eigenvalue weighted by molar-refractivity contribution is -0.132. The topological polar surface area (TPSA) is 105 Å². The number of carbonyl (C=O) groups excluding carboxylic acids is 1. The second-order valence-electron chi connectivity index (χ2n) is 7.59. The maximum Gasteiger partial charge on any atom is 0.169 e. The summed E-state index contributed by atoms with van der Waals surface area (Å²) in [4.78, 5) is 12.8. The number of benzene rings is 2. The molecule has 1 saturated carbocycles. The van der Waals surface area contributed by atoms with Gasteiger partial charge in [-0.15, -0.1) is 0 Å². The highest BCUT2D eigenvalue weighted by molar-refractivity contribution is 9.11. The van der Waals surface area contributed by atoms with Crippen LogP contribution in [0.5, 0.6) is 11.5 Å². The van der Waals surface area contributed by atoms with Crippen LogP contribution in [0.1, 0.15) is 42.9 Å². The van der Waals surface area contributed by atoms with Crippen LogP contribution in [-0.2, 0) is 11.3 Å². The van der Waals surface area contributed by atoms with Crippen LogP contribution in [0.15, 0.2) is 39.3 Å². The first-order valence-electron chi connectivity index (χ1n) is 9.86. The number of ether oxygens (including phenoxy) is 1. The van der Waals surface area contributed by atoms with E-state index in [4.69, 9.17) is 10.5 Å². The van der Waals surface area contributed by atoms with Crippen LogP contribution in [0.25, 0.3) is 0 Å². The predicted molar refractivity (Wildman–Crippen MR) is 123 cm³/mol. The molecule has 1 aliphatic rings. The van der Waals surface area contributed by atoms with Crippen molar-refractivity contribution in [1.82, 2.24) is 5.32 Å². The van der Waals surface area contributed by atoms with E-state index < -0.39 is 6.10 Å². The zero-order valence-corrected chi connectivity index (χ0v) is 19.9. The molecule has 8 heteroatoms. The van der Waals surface area contributed by atoms with Crippen molar-refractivity contribution in [2.24, 2.45) is 5.92 Å². The summed E-state index contributed by atoms with van der Waals surface area (Å²) in [5, 5.41) is 24.3. The molecular weight excluding hydrogens is 516 g/mol. The molecule has 0 radical (unpaired) electrons. The van der Waals surface area contributed by atoms with E-state index in [9.17, 15) is 15.0 Å². The highest BCUT2D eigenvalue weighted by atomic mass is 79.9. The number of phenols is 1. The first-order chi connectivity index (χ1) is 14.3. The van der Waals surface area contributed by atoms with Crippen LogP contribution < -0.4 is 15.8 Å². The van der Waals surface area contributed by atoms with E-state index >= 15 is 0 Å². The van der Waals surface area contributed by atoms with E-state index in [1.807, 2.05) is 12.1 Å². The molecule has 30 heavy (non-hydrogen) atoms. The Balaban J connectivity index is 1.56. The Labute approximate surface area is 193 Å². The maximum atomic E-state index is 12.8. The van der Waals surface area contributed by atoms with Crippen LogP contribution in [0.4, 0.5) is 5.69 Å². The second kappa shape index (κ2) is 10.1. The number of para-hydroxylation sites is 1. The number of aliphatic hydroxyl groups is 1. The third-order valence-corrected chi connectivity index (χ3v) is 6.82. The molecule has 0 aliphatic heterocycles. The standard InChI is InChI=1S/C22H26Br2N2O4/c1-30-18-4-2-3-16(21(18)28)22(29)20(27)12-5-7-15(8-6-12)26-11-13-9-14(23)10-17(24)19(13)25/h2-4,9-10,12,15,22,26,28-29H,5-8,11,25H2,1H3. The van der Waals surface area contributed by atoms with E-state index in [2.05, 4.69) is 37.2 Å². The van der Waals surface area contributed by atoms with Gasteiger partial charge in [0.15, 0.2) is 17.3 Å². The molecule has 0 aromatic heterocycles. The zero-order valence-electron chi connectivity index (χ0n) is 16.7. The fourth-order valence-electron chi connectivity index (χ4n) is 3.92. The van der Waals surface area contributed by atoms with Crippen LogP contribution in [-0.4, -0.2) is 29.1 Å². The molecule has 0 heterocycles. The van der Waals surface area contributed by atoms with E-state index in [-0.39, 0.29) is 34.8 Å². The third kappa shape index (κ3) is 5.17. The number of methoxy groups -OCH3 is 1. The van der Waals surface area contributed by atoms with Gasteiger partial charge in [0, 0.05) is 33.0 Å². The van der Waals surface area contributed by atoms with E-state index in [1.54, 1.807) is 18.2 Å². The molecule has 0 bridgehead atoms. The zero-order chi connectivity index (χ0) is 21.8. The van der Waals surface area contributed by atoms with Gasteiger partial charge in [0.25, 0.3) is 0 Å². The molecule has 0 spiro atoms. The Bertz CT molecular complexity index is 914. The summed E-state index contributed by atoms with van der Waals surface area (Å²) in [6.07, 6.45) is 1.70. The van der Waals surface area contributed by atoms with Gasteiger partial charge in [-0.3, -0.25) is 4.79 Å². The smallest absolute Gasteiger partial charge is 0.169 e. The summed E-state index contributed by atoms with van der Waals surface area (Å²) in [5.41, 5.74) is 8.06. The van der Waals surface area contributed by atoms with Gasteiger partial charge in [-0.25, -0.2) is 0 Å². The predicted octanol–water partition coefficient (Wildman–Crippen LogP) is 4.46. The van der Waals surface area contributed by atoms with Crippen LogP contribution in [0.2, 0.25) is 0 Å². The van der Waals surface area contributed by atoms with Gasteiger partial charge in [-0.2, -0.15) is 0 Å². The number of hydrogen-bond donors (Lipinski definition) is 4. The third-order valence-electron chi connectivity index (χ3n) is 5.70. The highest BCUT2D eigenvalue weighted by Gasteiger charge is 2.32. The van der Waals surface area contributed by atoms with Crippen molar-refractivity contribution in [1.29, 1.82) is 0 Å². The number of phenolic OH excluding ortho intramolecular Hbond substituents is 1. The normalized spacial score (nSPS) is 20.0. The summed E-state index contributed by atoms with van der Waals surface area (Å²) in [5.74, 6) is -0.425. The maximum absolute atomic E-state index is 12.8. The monoisotopic (exact) mass is 540 g/mol. The molecule has 2 aromatic carbocycles. The number of carbonyl (C=O) groups is 1. The lowest BCUT2D eigenvalue weighted by atomic mass is 9.81. The minimum absolute atomic E-state index is 0.186. The molecule has 1 fully saturated rings. The minimum atomic E-state index is -1.35. The minimum Gasteiger partial charge on any atom is -0.504 e. The summed E-state index contributed by atoms with van der Waals surface area (Å²) in [6, 6.07) is 8.99. The van der Waals surface area contributed by atoms with Gasteiger partial charge in [0.2, 0.25) is 0 Å². The number of nitrogens with one attached hydrogen (secondary N) is 1. The molecule has 2 aromatic rings. The van der Waals surface area contributed by atoms with Crippen LogP contribution in [0.3, 0.4) is 0 Å². The van der Waals surface area contributed by atoms with E-state index in [1.165, 1.54) is 7.11 Å². The number of aromatic hydroxyl groups is 1. The first-order valence-corrected chi connectivity index (χ1v) is 11.4. The molecule has 5 N–H and O–H groups in total. The molecule has 162 valence electrons. The Hall–Kier alpha value is -1.61. The van der Waals surface area contributed by atoms with Crippen molar-refractivity contribution >= 4 is 43.3 Å². The Morgan fingerprint density at radius 3 is 2.63 bits per heavy atom. The number of anilines is 1. The lowest BCUT2D eigenvalue weighted by Crippen LogP contribution is -2.35. The molecule has 3 rings (SSSR count). The summed E-state index contributed by atoms with van der Waals surface area (Å²) in [7, 11) is 1.43. The number of Topliss-reactive ketones (excluding diaryl/α,β-unsaturated/α-hetero) is 1. The average Bonchev–Trinajstić information content (AvgIpc) is 2.74. The Morgan fingerprint density at radius 2 is 1.97 bits per heavy atom. The molecule has 1 aliphatic carbocycles. The van der Waals surface area contributed by atoms with Crippen molar-refractivity contribution in [2.45, 2.75) is 44.4 Å². The lowest BCUT2D eigenvalue weighted by Gasteiger charge is -2.30. The SMILES string of the molecule is COc1cccc(C(O)C(=O)C2CCC(NCc3cc(Br)cc(Br)c3N)CC2)c1O. The number of hydrogen-bond acceptors (Lipinski definition) is 6.